The average molecular weight is 826 g/mol. The Bertz CT molecular complexity index is 1580. The molecule has 0 bridgehead atoms. The van der Waals surface area contributed by atoms with Crippen molar-refractivity contribution in [3.05, 3.63) is 35.4 Å². The highest BCUT2D eigenvalue weighted by molar-refractivity contribution is 5.95. The number of nitrogen functional groups attached to an aromatic ring is 1. The number of amides is 4. The number of benzene rings is 1. The zero-order chi connectivity index (χ0) is 43.4. The van der Waals surface area contributed by atoms with Gasteiger partial charge in [-0.1, -0.05) is 75.6 Å². The lowest BCUT2D eigenvalue weighted by Crippen LogP contribution is -2.57. The first-order chi connectivity index (χ1) is 27.3. The van der Waals surface area contributed by atoms with Crippen LogP contribution in [0.3, 0.4) is 0 Å². The van der Waals surface area contributed by atoms with E-state index in [1.807, 2.05) is 12.1 Å². The minimum atomic E-state index is -5.08. The normalized spacial score (nSPS) is 16.8. The van der Waals surface area contributed by atoms with Crippen LogP contribution in [0.2, 0.25) is 0 Å². The molecule has 0 heterocycles. The average Bonchev–Trinajstić information content (AvgIpc) is 3.16. The van der Waals surface area contributed by atoms with Gasteiger partial charge in [-0.2, -0.15) is 13.2 Å². The fourth-order valence-electron chi connectivity index (χ4n) is 7.22. The molecule has 324 valence electrons. The molecular weight excluding hydrogens is 767 g/mol. The van der Waals surface area contributed by atoms with E-state index in [0.717, 1.165) is 69.8 Å². The molecule has 0 aromatic heterocycles. The van der Waals surface area contributed by atoms with E-state index in [9.17, 15) is 42.3 Å². The van der Waals surface area contributed by atoms with Gasteiger partial charge in [0.25, 0.3) is 0 Å². The second-order valence-corrected chi connectivity index (χ2v) is 14.8. The highest BCUT2D eigenvalue weighted by atomic mass is 19.4. The fourth-order valence-corrected chi connectivity index (χ4v) is 7.22. The number of guanidine groups is 1. The summed E-state index contributed by atoms with van der Waals surface area (Å²) < 4.78 is 31.7. The summed E-state index contributed by atoms with van der Waals surface area (Å²) in [4.78, 5) is 78.4. The number of carbonyl (C=O) groups excluding carboxylic acids is 4. The van der Waals surface area contributed by atoms with Crippen molar-refractivity contribution in [1.82, 2.24) is 16.0 Å². The number of nitrogens with zero attached hydrogens (tertiary/aromatic N) is 1. The monoisotopic (exact) mass is 825 g/mol. The Labute approximate surface area is 335 Å². The Morgan fingerprint density at radius 3 is 1.74 bits per heavy atom. The molecule has 1 aromatic carbocycles. The van der Waals surface area contributed by atoms with Gasteiger partial charge in [-0.25, -0.2) is 4.79 Å². The molecule has 17 nitrogen and oxygen atoms in total. The summed E-state index contributed by atoms with van der Waals surface area (Å²) in [5, 5.41) is 32.6. The minimum Gasteiger partial charge on any atom is -0.481 e. The van der Waals surface area contributed by atoms with Crippen LogP contribution < -0.4 is 38.9 Å². The molecule has 2 aliphatic rings. The summed E-state index contributed by atoms with van der Waals surface area (Å²) in [7, 11) is 0. The Kier molecular flexibility index (Phi) is 20.5. The Morgan fingerprint density at radius 2 is 1.26 bits per heavy atom. The lowest BCUT2D eigenvalue weighted by Gasteiger charge is -2.31. The van der Waals surface area contributed by atoms with Gasteiger partial charge in [-0.05, 0) is 62.3 Å². The molecule has 0 saturated heterocycles. The van der Waals surface area contributed by atoms with Crippen molar-refractivity contribution in [2.24, 2.45) is 45.7 Å². The number of nitrogens with one attached hydrogen (secondary N) is 4. The van der Waals surface area contributed by atoms with Crippen LogP contribution in [-0.2, 0) is 35.2 Å². The number of halogens is 3. The van der Waals surface area contributed by atoms with E-state index < -0.39 is 66.3 Å². The summed E-state index contributed by atoms with van der Waals surface area (Å²) in [5.41, 5.74) is 23.6. The molecule has 2 aliphatic carbocycles. The standard InChI is InChI=1S/C36H57N9O6.C2HF3O2/c37-31(38)25-15-13-23(14-16-25)20-26(24-10-5-2-6-11-24)33(49)43-28(17-18-30(46)47)35(51)44-27(12-7-19-42-36(40)41)34(50)45-29(32(39)48)21-22-8-3-1-4-9-22;3-2(4,5)1(6)7/h13-16,22,24,26-29H,1-12,17-21H2,(H3,37,38)(H2,39,48)(H,43,49)(H,44,51)(H,45,50)(H,46,47)(H4,40,41,42);(H,6,7)/t26-,27?,28?,29-;/m0./s1. The first-order valence-electron chi connectivity index (χ1n) is 19.5. The molecule has 4 atom stereocenters. The lowest BCUT2D eigenvalue weighted by molar-refractivity contribution is -0.192. The summed E-state index contributed by atoms with van der Waals surface area (Å²) >= 11 is 0. The van der Waals surface area contributed by atoms with Crippen molar-refractivity contribution in [1.29, 1.82) is 5.41 Å². The number of amidine groups is 1. The summed E-state index contributed by atoms with van der Waals surface area (Å²) in [6.45, 7) is 0.180. The highest BCUT2D eigenvalue weighted by Gasteiger charge is 2.38. The number of primary amides is 1. The summed E-state index contributed by atoms with van der Waals surface area (Å²) in [6, 6.07) is 3.79. The predicted octanol–water partition coefficient (Wildman–Crippen LogP) is 2.17. The van der Waals surface area contributed by atoms with Crippen molar-refractivity contribution in [3.63, 3.8) is 0 Å². The van der Waals surface area contributed by atoms with E-state index in [4.69, 9.17) is 38.2 Å². The first kappa shape index (κ1) is 48.7. The van der Waals surface area contributed by atoms with Crippen LogP contribution in [0, 0.1) is 23.2 Å². The van der Waals surface area contributed by atoms with Crippen LogP contribution in [0.5, 0.6) is 0 Å². The number of aliphatic imine (C=N–C) groups is 1. The zero-order valence-electron chi connectivity index (χ0n) is 32.5. The maximum atomic E-state index is 14.0. The molecule has 1 aromatic rings. The molecule has 2 unspecified atom stereocenters. The number of carboxylic acid groups (broad SMARTS) is 2. The molecule has 3 rings (SSSR count). The molecule has 0 radical (unpaired) electrons. The number of hydrogen-bond donors (Lipinski definition) is 10. The van der Waals surface area contributed by atoms with Gasteiger partial charge in [0.05, 0.1) is 0 Å². The second kappa shape index (κ2) is 24.4. The quantitative estimate of drug-likeness (QED) is 0.0516. The smallest absolute Gasteiger partial charge is 0.481 e. The molecular formula is C38H58F3N9O8. The highest BCUT2D eigenvalue weighted by Crippen LogP contribution is 2.33. The maximum absolute atomic E-state index is 14.0. The summed E-state index contributed by atoms with van der Waals surface area (Å²) in [6.07, 6.45) is 5.31. The van der Waals surface area contributed by atoms with Crippen LogP contribution in [0.25, 0.3) is 0 Å². The number of carboxylic acids is 2. The van der Waals surface area contributed by atoms with Crippen molar-refractivity contribution < 1.29 is 52.2 Å². The van der Waals surface area contributed by atoms with Gasteiger partial charge in [-0.15, -0.1) is 0 Å². The van der Waals surface area contributed by atoms with E-state index in [-0.39, 0.29) is 48.9 Å². The number of rotatable bonds is 20. The molecule has 0 spiro atoms. The predicted molar refractivity (Wildman–Crippen MR) is 208 cm³/mol. The van der Waals surface area contributed by atoms with Crippen molar-refractivity contribution in [2.75, 3.05) is 6.54 Å². The minimum absolute atomic E-state index is 0.0541. The van der Waals surface area contributed by atoms with Crippen molar-refractivity contribution >= 4 is 47.4 Å². The van der Waals surface area contributed by atoms with Crippen LogP contribution in [0.4, 0.5) is 13.2 Å². The first-order valence-corrected chi connectivity index (χ1v) is 19.5. The molecule has 20 heteroatoms. The van der Waals surface area contributed by atoms with Crippen LogP contribution in [0.15, 0.2) is 29.3 Å². The third kappa shape index (κ3) is 18.2. The lowest BCUT2D eigenvalue weighted by atomic mass is 9.76. The van der Waals surface area contributed by atoms with Gasteiger partial charge in [-0.3, -0.25) is 34.4 Å². The molecule has 4 amide bonds. The van der Waals surface area contributed by atoms with E-state index in [2.05, 4.69) is 20.9 Å². The third-order valence-corrected chi connectivity index (χ3v) is 10.3. The number of aliphatic carboxylic acids is 2. The third-order valence-electron chi connectivity index (χ3n) is 10.3. The van der Waals surface area contributed by atoms with E-state index in [1.54, 1.807) is 12.1 Å². The topological polar surface area (TPSA) is 319 Å². The fraction of sp³-hybridized carbons (Fsp3) is 0.632. The Hall–Kier alpha value is -5.43. The van der Waals surface area contributed by atoms with Gasteiger partial charge in [0.2, 0.25) is 23.6 Å². The zero-order valence-corrected chi connectivity index (χ0v) is 32.5. The largest absolute Gasteiger partial charge is 0.490 e. The second-order valence-electron chi connectivity index (χ2n) is 14.8. The van der Waals surface area contributed by atoms with E-state index in [1.165, 1.54) is 0 Å². The Morgan fingerprint density at radius 1 is 0.759 bits per heavy atom. The van der Waals surface area contributed by atoms with Gasteiger partial charge in [0, 0.05) is 24.4 Å². The van der Waals surface area contributed by atoms with Crippen molar-refractivity contribution in [2.45, 2.75) is 127 Å². The SMILES string of the molecule is N=C(N)c1ccc(C[C@H](C(=O)NC(CCC(=O)O)C(=O)NC(CCCN=C(N)N)C(=O)N[C@@H](CC2CCCCC2)C(N)=O)C2CCCCC2)cc1.O=C(O)C(F)(F)F. The number of nitrogens with two attached hydrogens (primary N) is 4. The number of carbonyl (C=O) groups is 6. The van der Waals surface area contributed by atoms with Gasteiger partial charge in [0.15, 0.2) is 5.96 Å². The summed E-state index contributed by atoms with van der Waals surface area (Å²) in [5.74, 6) is -6.68. The van der Waals surface area contributed by atoms with Gasteiger partial charge in [0.1, 0.15) is 24.0 Å². The van der Waals surface area contributed by atoms with Gasteiger partial charge < -0.3 is 49.1 Å². The van der Waals surface area contributed by atoms with Crippen LogP contribution in [-0.4, -0.2) is 88.4 Å². The number of alkyl halides is 3. The van der Waals surface area contributed by atoms with E-state index >= 15 is 0 Å². The molecule has 2 fully saturated rings. The van der Waals surface area contributed by atoms with Crippen LogP contribution in [0.1, 0.15) is 107 Å². The molecule has 2 saturated carbocycles. The Balaban J connectivity index is 0.00000151. The van der Waals surface area contributed by atoms with Crippen LogP contribution >= 0.6 is 0 Å². The molecule has 14 N–H and O–H groups in total. The van der Waals surface area contributed by atoms with E-state index in [0.29, 0.717) is 24.8 Å². The van der Waals surface area contributed by atoms with Crippen molar-refractivity contribution in [3.8, 4) is 0 Å². The molecule has 0 aliphatic heterocycles. The maximum Gasteiger partial charge on any atom is 0.490 e. The van der Waals surface area contributed by atoms with Gasteiger partial charge >= 0.3 is 18.1 Å². The molecule has 58 heavy (non-hydrogen) atoms. The number of hydrogen-bond acceptors (Lipinski definition) is 8.